The second-order valence-corrected chi connectivity index (χ2v) is 30.3. The summed E-state index contributed by atoms with van der Waals surface area (Å²) in [5, 5.41) is 24.6. The zero-order valence-electron chi connectivity index (χ0n) is 85.3. The van der Waals surface area contributed by atoms with Crippen molar-refractivity contribution >= 4 is 141 Å². The summed E-state index contributed by atoms with van der Waals surface area (Å²) in [6.45, 7) is 60.9. The standard InChI is InChI=1S/C29H21N.3C25H19N.12C2H6/c1-2-30-27-14-8-7-12-22(27)25-17-24-18(16-28(25)30)15-26-21-11-4-3-9-19(21)20-10-5-6-13-23(20)29(24)26;1-2-26-24-10-6-5-9-20(24)23-15-22-19(14-25(23)26)12-18-11-16-7-3-4-8-17(16)13-21(18)22;1-2-26-24-10-6-5-9-20(24)23-15-21-17(14-25(23)26)13-22-18-8-4-3-7-16(18)11-12-19(21)22;1-2-26-23-10-6-5-9-20(23)22-15-21-18(14-24(22)26)13-17-12-11-16-7-3-4-8-19(16)25(17)21;12*1-2/h3-14,16-17H,2,15H2,1H3;3-11,13-15H,2,12H2,1H3;2*3-12,14-15H,2,13H2,1H3;12*1-2H3. The van der Waals surface area contributed by atoms with Crippen molar-refractivity contribution in [3.63, 3.8) is 0 Å². The van der Waals surface area contributed by atoms with Gasteiger partial charge in [-0.05, 0) is 275 Å². The van der Waals surface area contributed by atoms with E-state index in [-0.39, 0.29) is 0 Å². The van der Waals surface area contributed by atoms with E-state index in [1.807, 2.05) is 166 Å². The molecule has 0 saturated heterocycles. The second kappa shape index (κ2) is 48.4. The highest BCUT2D eigenvalue weighted by molar-refractivity contribution is 6.20. The van der Waals surface area contributed by atoms with Crippen LogP contribution in [0.4, 0.5) is 0 Å². The van der Waals surface area contributed by atoms with Crippen LogP contribution in [0.25, 0.3) is 186 Å². The van der Waals surface area contributed by atoms with Crippen LogP contribution >= 0.6 is 0 Å². The monoisotopic (exact) mass is 1740 g/mol. The van der Waals surface area contributed by atoms with Gasteiger partial charge in [0.05, 0.1) is 0 Å². The van der Waals surface area contributed by atoms with E-state index in [9.17, 15) is 0 Å². The summed E-state index contributed by atoms with van der Waals surface area (Å²) in [4.78, 5) is 0. The predicted molar refractivity (Wildman–Crippen MR) is 597 cm³/mol. The van der Waals surface area contributed by atoms with E-state index in [1.165, 1.54) is 230 Å². The third kappa shape index (κ3) is 18.5. The molecule has 4 aliphatic rings. The Morgan fingerprint density at radius 1 is 0.159 bits per heavy atom. The van der Waals surface area contributed by atoms with Crippen LogP contribution < -0.4 is 0 Å². The summed E-state index contributed by atoms with van der Waals surface area (Å²) in [6.07, 6.45) is 4.12. The Balaban J connectivity index is 0.000000170. The van der Waals surface area contributed by atoms with Crippen molar-refractivity contribution in [1.29, 1.82) is 0 Å². The van der Waals surface area contributed by atoms with Crippen LogP contribution in [0, 0.1) is 0 Å². The van der Waals surface area contributed by atoms with Crippen LogP contribution in [0.5, 0.6) is 0 Å². The number of aryl methyl sites for hydroxylation is 4. The van der Waals surface area contributed by atoms with E-state index in [4.69, 9.17) is 0 Å². The number of para-hydroxylation sites is 4. The van der Waals surface area contributed by atoms with Gasteiger partial charge in [0.15, 0.2) is 0 Å². The highest BCUT2D eigenvalue weighted by Gasteiger charge is 2.29. The van der Waals surface area contributed by atoms with Gasteiger partial charge >= 0.3 is 0 Å². The van der Waals surface area contributed by atoms with Gasteiger partial charge in [-0.1, -0.05) is 391 Å². The second-order valence-electron chi connectivity index (χ2n) is 30.3. The minimum atomic E-state index is 0.988. The van der Waals surface area contributed by atoms with Gasteiger partial charge in [0, 0.05) is 113 Å². The lowest BCUT2D eigenvalue weighted by Crippen LogP contribution is -1.93. The zero-order chi connectivity index (χ0) is 95.6. The molecular weight excluding hydrogens is 1590 g/mol. The van der Waals surface area contributed by atoms with Crippen LogP contribution in [-0.2, 0) is 51.9 Å². The molecule has 0 radical (unpaired) electrons. The van der Waals surface area contributed by atoms with Crippen molar-refractivity contribution in [2.24, 2.45) is 0 Å². The van der Waals surface area contributed by atoms with Crippen molar-refractivity contribution in [1.82, 2.24) is 18.3 Å². The van der Waals surface area contributed by atoms with Gasteiger partial charge in [0.2, 0.25) is 0 Å². The average Bonchev–Trinajstić information content (AvgIpc) is 1.56. The molecule has 0 amide bonds. The largest absolute Gasteiger partial charge is 0.341 e. The lowest BCUT2D eigenvalue weighted by molar-refractivity contribution is 0.826. The maximum atomic E-state index is 2.46. The maximum absolute atomic E-state index is 2.46. The predicted octanol–water partition coefficient (Wildman–Crippen LogP) is 39.6. The van der Waals surface area contributed by atoms with E-state index < -0.39 is 0 Å². The topological polar surface area (TPSA) is 19.7 Å². The van der Waals surface area contributed by atoms with Crippen LogP contribution in [0.3, 0.4) is 0 Å². The van der Waals surface area contributed by atoms with Crippen LogP contribution in [0.15, 0.2) is 303 Å². The van der Waals surface area contributed by atoms with Gasteiger partial charge in [-0.2, -0.15) is 0 Å². The summed E-state index contributed by atoms with van der Waals surface area (Å²) in [6, 6.07) is 113. The fourth-order valence-electron chi connectivity index (χ4n) is 20.2. The fraction of sp³-hybridized carbons (Fsp3) is 0.281. The van der Waals surface area contributed by atoms with E-state index >= 15 is 0 Å². The summed E-state index contributed by atoms with van der Waals surface area (Å²) in [7, 11) is 0. The van der Waals surface area contributed by atoms with Crippen LogP contribution in [0.2, 0.25) is 0 Å². The fourth-order valence-corrected chi connectivity index (χ4v) is 20.2. The number of fused-ring (bicyclic) bond motifs is 34. The first-order valence-electron chi connectivity index (χ1n) is 51.0. The van der Waals surface area contributed by atoms with Crippen molar-refractivity contribution in [3.05, 3.63) is 348 Å². The number of benzene rings is 17. The third-order valence-electron chi connectivity index (χ3n) is 24.9. The summed E-state index contributed by atoms with van der Waals surface area (Å²) in [5.41, 5.74) is 33.9. The molecule has 17 aromatic carbocycles. The van der Waals surface area contributed by atoms with Gasteiger partial charge < -0.3 is 18.3 Å². The Kier molecular flexibility index (Phi) is 37.2. The van der Waals surface area contributed by atoms with Crippen molar-refractivity contribution in [3.8, 4) is 44.5 Å². The molecule has 0 atom stereocenters. The Hall–Kier alpha value is -12.8. The van der Waals surface area contributed by atoms with E-state index in [2.05, 4.69) is 349 Å². The molecule has 0 unspecified atom stereocenters. The number of nitrogens with zero attached hydrogens (tertiary/aromatic N) is 4. The normalized spacial score (nSPS) is 11.0. The van der Waals surface area contributed by atoms with E-state index in [0.717, 1.165) is 51.9 Å². The summed E-state index contributed by atoms with van der Waals surface area (Å²) >= 11 is 0. The average molecular weight is 1740 g/mol. The molecule has 0 spiro atoms. The number of aromatic nitrogens is 4. The van der Waals surface area contributed by atoms with Gasteiger partial charge in [0.25, 0.3) is 0 Å². The van der Waals surface area contributed by atoms with Crippen molar-refractivity contribution in [2.45, 2.75) is 246 Å². The Labute approximate surface area is 792 Å². The molecule has 0 bridgehead atoms. The lowest BCUT2D eigenvalue weighted by Gasteiger charge is -2.12. The molecule has 0 aliphatic heterocycles. The summed E-state index contributed by atoms with van der Waals surface area (Å²) in [5.74, 6) is 0. The van der Waals surface area contributed by atoms with Crippen molar-refractivity contribution < 1.29 is 0 Å². The quantitative estimate of drug-likeness (QED) is 0.157. The molecule has 4 aromatic heterocycles. The Morgan fingerprint density at radius 2 is 0.424 bits per heavy atom. The molecule has 132 heavy (non-hydrogen) atoms. The molecule has 0 N–H and O–H groups in total. The van der Waals surface area contributed by atoms with Gasteiger partial charge in [-0.3, -0.25) is 0 Å². The molecule has 0 saturated carbocycles. The maximum Gasteiger partial charge on any atom is 0.0494 e. The molecule has 4 nitrogen and oxygen atoms in total. The highest BCUT2D eigenvalue weighted by Crippen LogP contribution is 2.51. The molecular formula is C128H150N4. The van der Waals surface area contributed by atoms with Crippen molar-refractivity contribution in [2.75, 3.05) is 0 Å². The first-order valence-corrected chi connectivity index (χ1v) is 51.0. The first kappa shape index (κ1) is 101. The van der Waals surface area contributed by atoms with E-state index in [1.54, 1.807) is 0 Å². The highest BCUT2D eigenvalue weighted by atomic mass is 15.0. The van der Waals surface area contributed by atoms with Gasteiger partial charge in [0.1, 0.15) is 0 Å². The Bertz CT molecular complexity index is 7360. The molecule has 4 heterocycles. The van der Waals surface area contributed by atoms with E-state index in [0.29, 0.717) is 0 Å². The smallest absolute Gasteiger partial charge is 0.0494 e. The number of hydrogen-bond acceptors (Lipinski definition) is 0. The molecule has 682 valence electrons. The van der Waals surface area contributed by atoms with Crippen LogP contribution in [0.1, 0.15) is 238 Å². The number of rotatable bonds is 4. The van der Waals surface area contributed by atoms with Crippen LogP contribution in [-0.4, -0.2) is 18.3 Å². The minimum absolute atomic E-state index is 0.988. The molecule has 0 fully saturated rings. The zero-order valence-corrected chi connectivity index (χ0v) is 85.3. The third-order valence-corrected chi connectivity index (χ3v) is 24.9. The molecule has 4 heteroatoms. The van der Waals surface area contributed by atoms with Gasteiger partial charge in [-0.15, -0.1) is 0 Å². The number of hydrogen-bond donors (Lipinski definition) is 0. The lowest BCUT2D eigenvalue weighted by atomic mass is 9.91. The first-order chi connectivity index (χ1) is 65.4. The molecule has 21 aromatic rings. The molecule has 4 aliphatic carbocycles. The van der Waals surface area contributed by atoms with Gasteiger partial charge in [-0.25, -0.2) is 0 Å². The Morgan fingerprint density at radius 3 is 0.848 bits per heavy atom. The molecule has 25 rings (SSSR count). The summed E-state index contributed by atoms with van der Waals surface area (Å²) < 4.78 is 9.81. The minimum Gasteiger partial charge on any atom is -0.341 e. The SMILES string of the molecule is CC.CC.CC.CC.CC.CC.CC.CC.CC.CC.CC.CC.CCn1c2ccccc2c2cc3c(cc21)Cc1c-3c2ccccc2c2ccccc12.CCn1c2ccccc2c2cc3c(cc21)Cc1c-3ccc2ccccc12.CCn1c2ccccc2c2cc3c(cc21)Cc1cc2ccccc2cc1-3.CCn1c2ccccc2c2cc3c(cc21)Cc1ccc2ccccc2c1-3.